The van der Waals surface area contributed by atoms with Crippen LogP contribution in [0.1, 0.15) is 38.3 Å². The molecule has 0 amide bonds. The Balaban J connectivity index is 1.87. The van der Waals surface area contributed by atoms with Crippen molar-refractivity contribution in [3.8, 4) is 5.75 Å². The second-order valence-corrected chi connectivity index (χ2v) is 7.50. The average molecular weight is 370 g/mol. The van der Waals surface area contributed by atoms with Crippen LogP contribution in [0.3, 0.4) is 0 Å². The third kappa shape index (κ3) is 2.90. The fourth-order valence-corrected chi connectivity index (χ4v) is 4.07. The highest BCUT2D eigenvalue weighted by molar-refractivity contribution is 7.98. The standard InChI is InChI=1S/C19H22N4O2S/c1-4-25-13-7-5-6-12(10-13)17-16-14(8-11(2)9-15(16)24)20-18-21-19(26-3)22-23(17)18/h5-7,10-11,17H,4,8-9H2,1-3H3,(H,20,21,22). The van der Waals surface area contributed by atoms with E-state index < -0.39 is 0 Å². The lowest BCUT2D eigenvalue weighted by Gasteiger charge is -2.34. The van der Waals surface area contributed by atoms with Gasteiger partial charge >= 0.3 is 0 Å². The van der Waals surface area contributed by atoms with Gasteiger partial charge in [-0.3, -0.25) is 4.79 Å². The Morgan fingerprint density at radius 3 is 3.00 bits per heavy atom. The van der Waals surface area contributed by atoms with E-state index in [1.54, 1.807) is 0 Å². The normalized spacial score (nSPS) is 21.9. The summed E-state index contributed by atoms with van der Waals surface area (Å²) in [4.78, 5) is 17.5. The molecule has 6 nitrogen and oxygen atoms in total. The number of rotatable bonds is 4. The van der Waals surface area contributed by atoms with Crippen molar-refractivity contribution in [2.45, 2.75) is 37.9 Å². The number of anilines is 1. The monoisotopic (exact) mass is 370 g/mol. The highest BCUT2D eigenvalue weighted by atomic mass is 32.2. The first-order valence-corrected chi connectivity index (χ1v) is 10.1. The van der Waals surface area contributed by atoms with Gasteiger partial charge in [-0.15, -0.1) is 5.10 Å². The van der Waals surface area contributed by atoms with Crippen LogP contribution < -0.4 is 10.1 Å². The third-order valence-electron chi connectivity index (χ3n) is 4.77. The number of aromatic nitrogens is 3. The molecule has 0 spiro atoms. The summed E-state index contributed by atoms with van der Waals surface area (Å²) in [5.41, 5.74) is 2.78. The molecule has 1 aromatic carbocycles. The van der Waals surface area contributed by atoms with E-state index in [4.69, 9.17) is 4.74 Å². The maximum absolute atomic E-state index is 12.9. The first kappa shape index (κ1) is 17.1. The van der Waals surface area contributed by atoms with Crippen LogP contribution in [-0.2, 0) is 4.79 Å². The van der Waals surface area contributed by atoms with E-state index in [0.717, 1.165) is 29.0 Å². The fraction of sp³-hybridized carbons (Fsp3) is 0.421. The maximum Gasteiger partial charge on any atom is 0.227 e. The SMILES string of the molecule is CCOc1cccc(C2C3=C(CC(C)CC3=O)Nc3nc(SC)nn32)c1. The van der Waals surface area contributed by atoms with Crippen LogP contribution in [0.5, 0.6) is 5.75 Å². The molecule has 2 atom stereocenters. The van der Waals surface area contributed by atoms with Crippen LogP contribution in [0, 0.1) is 5.92 Å². The average Bonchev–Trinajstić information content (AvgIpc) is 3.03. The summed E-state index contributed by atoms with van der Waals surface area (Å²) in [6.07, 6.45) is 3.37. The van der Waals surface area contributed by atoms with Crippen LogP contribution in [0.15, 0.2) is 40.7 Å². The lowest BCUT2D eigenvalue weighted by atomic mass is 9.81. The van der Waals surface area contributed by atoms with Gasteiger partial charge in [-0.05, 0) is 43.2 Å². The molecular weight excluding hydrogens is 348 g/mol. The van der Waals surface area contributed by atoms with E-state index in [1.807, 2.05) is 42.1 Å². The number of Topliss-reactive ketones (excluding diaryl/α,β-unsaturated/α-hetero) is 1. The Morgan fingerprint density at radius 1 is 1.38 bits per heavy atom. The zero-order valence-corrected chi connectivity index (χ0v) is 16.0. The molecule has 1 aromatic heterocycles. The number of carbonyl (C=O) groups excluding carboxylic acids is 1. The third-order valence-corrected chi connectivity index (χ3v) is 5.31. The summed E-state index contributed by atoms with van der Waals surface area (Å²) in [7, 11) is 0. The van der Waals surface area contributed by atoms with Gasteiger partial charge in [0.1, 0.15) is 11.8 Å². The summed E-state index contributed by atoms with van der Waals surface area (Å²) < 4.78 is 7.50. The molecule has 1 aliphatic carbocycles. The smallest absolute Gasteiger partial charge is 0.227 e. The van der Waals surface area contributed by atoms with Crippen LogP contribution >= 0.6 is 11.8 Å². The van der Waals surface area contributed by atoms with Gasteiger partial charge in [0.25, 0.3) is 0 Å². The molecule has 0 radical (unpaired) electrons. The van der Waals surface area contributed by atoms with Crippen LogP contribution in [0.25, 0.3) is 0 Å². The number of nitrogens with one attached hydrogen (secondary N) is 1. The van der Waals surface area contributed by atoms with Gasteiger partial charge < -0.3 is 10.1 Å². The minimum Gasteiger partial charge on any atom is -0.494 e. The second-order valence-electron chi connectivity index (χ2n) is 6.73. The summed E-state index contributed by atoms with van der Waals surface area (Å²) in [5, 5.41) is 8.68. The molecule has 2 aromatic rings. The molecular formula is C19H22N4O2S. The molecule has 136 valence electrons. The minimum atomic E-state index is -0.268. The van der Waals surface area contributed by atoms with Gasteiger partial charge in [-0.25, -0.2) is 4.68 Å². The topological polar surface area (TPSA) is 69.0 Å². The zero-order valence-electron chi connectivity index (χ0n) is 15.2. The number of allylic oxidation sites excluding steroid dienone is 2. The molecule has 0 fully saturated rings. The summed E-state index contributed by atoms with van der Waals surface area (Å²) in [6, 6.07) is 7.65. The number of hydrogen-bond acceptors (Lipinski definition) is 6. The van der Waals surface area contributed by atoms with Gasteiger partial charge in [0.2, 0.25) is 11.1 Å². The first-order chi connectivity index (χ1) is 12.6. The predicted molar refractivity (Wildman–Crippen MR) is 102 cm³/mol. The van der Waals surface area contributed by atoms with Crippen molar-refractivity contribution >= 4 is 23.5 Å². The number of hydrogen-bond donors (Lipinski definition) is 1. The number of ketones is 1. The molecule has 7 heteroatoms. The summed E-state index contributed by atoms with van der Waals surface area (Å²) in [5.74, 6) is 2.01. The Morgan fingerprint density at radius 2 is 2.23 bits per heavy atom. The predicted octanol–water partition coefficient (Wildman–Crippen LogP) is 3.67. The van der Waals surface area contributed by atoms with E-state index in [9.17, 15) is 4.79 Å². The van der Waals surface area contributed by atoms with Crippen molar-refractivity contribution in [1.29, 1.82) is 0 Å². The van der Waals surface area contributed by atoms with Gasteiger partial charge in [0.05, 0.1) is 6.61 Å². The number of nitrogens with zero attached hydrogens (tertiary/aromatic N) is 3. The lowest BCUT2D eigenvalue weighted by Crippen LogP contribution is -2.33. The Hall–Kier alpha value is -2.28. The molecule has 1 N–H and O–H groups in total. The van der Waals surface area contributed by atoms with Crippen molar-refractivity contribution in [2.24, 2.45) is 5.92 Å². The van der Waals surface area contributed by atoms with Crippen molar-refractivity contribution in [1.82, 2.24) is 14.8 Å². The highest BCUT2D eigenvalue weighted by Gasteiger charge is 2.38. The Kier molecular flexibility index (Phi) is 4.48. The molecule has 1 aliphatic heterocycles. The van der Waals surface area contributed by atoms with Crippen LogP contribution in [0.2, 0.25) is 0 Å². The summed E-state index contributed by atoms with van der Waals surface area (Å²) in [6.45, 7) is 4.68. The number of fused-ring (bicyclic) bond motifs is 1. The van der Waals surface area contributed by atoms with E-state index >= 15 is 0 Å². The van der Waals surface area contributed by atoms with Gasteiger partial charge in [-0.2, -0.15) is 4.98 Å². The molecule has 2 unspecified atom stereocenters. The van der Waals surface area contributed by atoms with E-state index in [2.05, 4.69) is 22.3 Å². The zero-order chi connectivity index (χ0) is 18.3. The number of benzene rings is 1. The quantitative estimate of drug-likeness (QED) is 0.828. The van der Waals surface area contributed by atoms with Gasteiger partial charge in [0, 0.05) is 17.7 Å². The highest BCUT2D eigenvalue weighted by Crippen LogP contribution is 2.42. The Bertz CT molecular complexity index is 889. The molecule has 2 heterocycles. The van der Waals surface area contributed by atoms with Gasteiger partial charge in [0.15, 0.2) is 5.78 Å². The maximum atomic E-state index is 12.9. The fourth-order valence-electron chi connectivity index (χ4n) is 3.72. The molecule has 0 saturated heterocycles. The molecule has 2 aliphatic rings. The lowest BCUT2D eigenvalue weighted by molar-refractivity contribution is -0.117. The Labute approximate surface area is 157 Å². The van der Waals surface area contributed by atoms with Crippen LogP contribution in [-0.4, -0.2) is 33.4 Å². The molecule has 0 bridgehead atoms. The molecule has 0 saturated carbocycles. The molecule has 26 heavy (non-hydrogen) atoms. The minimum absolute atomic E-state index is 0.185. The van der Waals surface area contributed by atoms with E-state index in [0.29, 0.717) is 30.1 Å². The molecule has 4 rings (SSSR count). The summed E-state index contributed by atoms with van der Waals surface area (Å²) >= 11 is 1.49. The van der Waals surface area contributed by atoms with Crippen LogP contribution in [0.4, 0.5) is 5.95 Å². The number of ether oxygens (including phenoxy) is 1. The van der Waals surface area contributed by atoms with E-state index in [-0.39, 0.29) is 11.8 Å². The van der Waals surface area contributed by atoms with Gasteiger partial charge in [-0.1, -0.05) is 30.8 Å². The number of thioether (sulfide) groups is 1. The van der Waals surface area contributed by atoms with Crippen molar-refractivity contribution in [3.05, 3.63) is 41.1 Å². The van der Waals surface area contributed by atoms with Crippen molar-refractivity contribution in [2.75, 3.05) is 18.2 Å². The second kappa shape index (κ2) is 6.79. The number of carbonyl (C=O) groups is 1. The van der Waals surface area contributed by atoms with E-state index in [1.165, 1.54) is 11.8 Å². The van der Waals surface area contributed by atoms with Crippen molar-refractivity contribution in [3.63, 3.8) is 0 Å². The van der Waals surface area contributed by atoms with Crippen molar-refractivity contribution < 1.29 is 9.53 Å². The largest absolute Gasteiger partial charge is 0.494 e. The first-order valence-electron chi connectivity index (χ1n) is 8.87.